The number of piperazine rings is 1. The minimum atomic E-state index is -3.31. The van der Waals surface area contributed by atoms with Gasteiger partial charge in [-0.2, -0.15) is 4.31 Å². The molecule has 0 saturated carbocycles. The number of aryl methyl sites for hydroxylation is 1. The highest BCUT2D eigenvalue weighted by molar-refractivity contribution is 7.89. The first-order chi connectivity index (χ1) is 12.5. The Morgan fingerprint density at radius 1 is 1.23 bits per heavy atom. The zero-order valence-electron chi connectivity index (χ0n) is 15.6. The van der Waals surface area contributed by atoms with E-state index in [4.69, 9.17) is 4.74 Å². The molecule has 26 heavy (non-hydrogen) atoms. The summed E-state index contributed by atoms with van der Waals surface area (Å²) in [7, 11) is -1.69. The maximum Gasteiger partial charge on any atom is 0.222 e. The number of nitrogens with one attached hydrogen (secondary N) is 1. The van der Waals surface area contributed by atoms with E-state index in [1.165, 1.54) is 4.31 Å². The Labute approximate surface area is 156 Å². The molecule has 1 aliphatic heterocycles. The van der Waals surface area contributed by atoms with Gasteiger partial charge in [-0.1, -0.05) is 12.1 Å². The molecule has 1 saturated heterocycles. The molecule has 0 bridgehead atoms. The van der Waals surface area contributed by atoms with Gasteiger partial charge < -0.3 is 15.0 Å². The van der Waals surface area contributed by atoms with Crippen LogP contribution in [0.25, 0.3) is 0 Å². The average molecular weight is 384 g/mol. The maximum atomic E-state index is 12.4. The summed E-state index contributed by atoms with van der Waals surface area (Å²) in [6, 6.07) is 7.63. The number of nitrogens with zero attached hydrogens (tertiary/aromatic N) is 2. The Morgan fingerprint density at radius 3 is 2.46 bits per heavy atom. The summed E-state index contributed by atoms with van der Waals surface area (Å²) in [5, 5.41) is 3.14. The predicted octanol–water partition coefficient (Wildman–Crippen LogP) is 0.711. The third-order valence-corrected chi connectivity index (χ3v) is 6.46. The van der Waals surface area contributed by atoms with Gasteiger partial charge in [0.2, 0.25) is 15.9 Å². The molecule has 0 atom stereocenters. The lowest BCUT2D eigenvalue weighted by Gasteiger charge is -2.28. The molecule has 2 rings (SSSR count). The van der Waals surface area contributed by atoms with Crippen LogP contribution in [-0.2, 0) is 21.2 Å². The van der Waals surface area contributed by atoms with Gasteiger partial charge in [0.1, 0.15) is 5.75 Å². The smallest absolute Gasteiger partial charge is 0.222 e. The van der Waals surface area contributed by atoms with Crippen molar-refractivity contribution in [3.05, 3.63) is 29.8 Å². The van der Waals surface area contributed by atoms with Crippen LogP contribution in [0.3, 0.4) is 0 Å². The summed E-state index contributed by atoms with van der Waals surface area (Å²) in [4.78, 5) is 14.1. The highest BCUT2D eigenvalue weighted by Gasteiger charge is 2.25. The number of benzene rings is 1. The van der Waals surface area contributed by atoms with E-state index in [0.29, 0.717) is 45.6 Å². The highest BCUT2D eigenvalue weighted by Crippen LogP contribution is 2.13. The van der Waals surface area contributed by atoms with Crippen LogP contribution in [0.2, 0.25) is 0 Å². The van der Waals surface area contributed by atoms with E-state index in [9.17, 15) is 13.2 Å². The molecule has 0 radical (unpaired) electrons. The number of sulfonamides is 1. The minimum absolute atomic E-state index is 0.0150. The Morgan fingerprint density at radius 2 is 1.88 bits per heavy atom. The molecule has 1 heterocycles. The number of rotatable bonds is 9. The van der Waals surface area contributed by atoms with Gasteiger partial charge in [-0.15, -0.1) is 0 Å². The van der Waals surface area contributed by atoms with Gasteiger partial charge in [-0.25, -0.2) is 8.42 Å². The van der Waals surface area contributed by atoms with Crippen LogP contribution in [-0.4, -0.2) is 75.7 Å². The molecule has 0 aliphatic carbocycles. The van der Waals surface area contributed by atoms with Crippen molar-refractivity contribution in [2.24, 2.45) is 0 Å². The third-order valence-electron chi connectivity index (χ3n) is 4.61. The van der Waals surface area contributed by atoms with Crippen molar-refractivity contribution in [1.29, 1.82) is 0 Å². The van der Waals surface area contributed by atoms with Crippen LogP contribution in [0.5, 0.6) is 5.75 Å². The number of hydrogen-bond acceptors (Lipinski definition) is 5. The molecular formula is C18H29N3O4S. The molecule has 0 unspecified atom stereocenters. The van der Waals surface area contributed by atoms with Crippen LogP contribution < -0.4 is 10.1 Å². The second kappa shape index (κ2) is 9.89. The molecule has 1 aliphatic rings. The molecule has 0 spiro atoms. The van der Waals surface area contributed by atoms with Gasteiger partial charge in [0.05, 0.1) is 12.9 Å². The summed E-state index contributed by atoms with van der Waals surface area (Å²) in [6.45, 7) is 4.99. The van der Waals surface area contributed by atoms with Gasteiger partial charge in [-0.05, 0) is 31.0 Å². The SMILES string of the molecule is CCN(CCS(=O)(=O)N1CCNCC1)C(=O)CCc1ccc(OC)cc1. The van der Waals surface area contributed by atoms with Crippen LogP contribution in [0.15, 0.2) is 24.3 Å². The number of hydrogen-bond donors (Lipinski definition) is 1. The lowest BCUT2D eigenvalue weighted by atomic mass is 10.1. The molecule has 7 nitrogen and oxygen atoms in total. The first kappa shape index (κ1) is 20.7. The van der Waals surface area contributed by atoms with E-state index < -0.39 is 10.0 Å². The van der Waals surface area contributed by atoms with Gasteiger partial charge in [0.15, 0.2) is 0 Å². The summed E-state index contributed by atoms with van der Waals surface area (Å²) in [5.41, 5.74) is 1.06. The van der Waals surface area contributed by atoms with Crippen LogP contribution in [0.1, 0.15) is 18.9 Å². The maximum absolute atomic E-state index is 12.4. The van der Waals surface area contributed by atoms with Crippen molar-refractivity contribution in [3.8, 4) is 5.75 Å². The number of methoxy groups -OCH3 is 1. The summed E-state index contributed by atoms with van der Waals surface area (Å²) < 4.78 is 31.5. The van der Waals surface area contributed by atoms with Crippen molar-refractivity contribution in [2.75, 3.05) is 52.1 Å². The normalized spacial score (nSPS) is 15.6. The van der Waals surface area contributed by atoms with Crippen molar-refractivity contribution in [1.82, 2.24) is 14.5 Å². The number of amides is 1. The summed E-state index contributed by atoms with van der Waals surface area (Å²) in [5.74, 6) is 0.752. The fourth-order valence-corrected chi connectivity index (χ4v) is 4.39. The first-order valence-electron chi connectivity index (χ1n) is 9.05. The van der Waals surface area contributed by atoms with E-state index in [2.05, 4.69) is 5.32 Å². The largest absolute Gasteiger partial charge is 0.497 e. The van der Waals surface area contributed by atoms with Crippen molar-refractivity contribution in [2.45, 2.75) is 19.8 Å². The highest BCUT2D eigenvalue weighted by atomic mass is 32.2. The molecule has 8 heteroatoms. The average Bonchev–Trinajstić information content (AvgIpc) is 2.68. The topological polar surface area (TPSA) is 79.0 Å². The van der Waals surface area contributed by atoms with Crippen molar-refractivity contribution in [3.63, 3.8) is 0 Å². The van der Waals surface area contributed by atoms with Crippen LogP contribution >= 0.6 is 0 Å². The fraction of sp³-hybridized carbons (Fsp3) is 0.611. The van der Waals surface area contributed by atoms with E-state index in [1.54, 1.807) is 12.0 Å². The zero-order chi connectivity index (χ0) is 19.0. The second-order valence-corrected chi connectivity index (χ2v) is 8.38. The van der Waals surface area contributed by atoms with Crippen molar-refractivity contribution >= 4 is 15.9 Å². The molecule has 1 fully saturated rings. The first-order valence-corrected chi connectivity index (χ1v) is 10.7. The van der Waals surface area contributed by atoms with Gasteiger partial charge in [0, 0.05) is 45.7 Å². The molecule has 1 aromatic rings. The molecule has 1 aromatic carbocycles. The zero-order valence-corrected chi connectivity index (χ0v) is 16.4. The molecule has 1 N–H and O–H groups in total. The van der Waals surface area contributed by atoms with E-state index in [1.807, 2.05) is 31.2 Å². The lowest BCUT2D eigenvalue weighted by molar-refractivity contribution is -0.130. The van der Waals surface area contributed by atoms with Gasteiger partial charge in [-0.3, -0.25) is 4.79 Å². The van der Waals surface area contributed by atoms with Gasteiger partial charge in [0.25, 0.3) is 0 Å². The Balaban J connectivity index is 1.83. The Hall–Kier alpha value is -1.64. The Bertz CT molecular complexity index is 670. The third kappa shape index (κ3) is 5.96. The molecule has 0 aromatic heterocycles. The van der Waals surface area contributed by atoms with Crippen LogP contribution in [0, 0.1) is 0 Å². The molecule has 1 amide bonds. The monoisotopic (exact) mass is 383 g/mol. The standard InChI is InChI=1S/C18H29N3O4S/c1-3-20(14-15-26(23,24)21-12-10-19-11-13-21)18(22)9-6-16-4-7-17(25-2)8-5-16/h4-5,7-8,19H,3,6,9-15H2,1-2H3. The number of carbonyl (C=O) groups is 1. The van der Waals surface area contributed by atoms with E-state index in [-0.39, 0.29) is 18.2 Å². The lowest BCUT2D eigenvalue weighted by Crippen LogP contribution is -2.48. The van der Waals surface area contributed by atoms with Gasteiger partial charge >= 0.3 is 0 Å². The summed E-state index contributed by atoms with van der Waals surface area (Å²) in [6.07, 6.45) is 0.998. The molecular weight excluding hydrogens is 354 g/mol. The van der Waals surface area contributed by atoms with E-state index >= 15 is 0 Å². The fourth-order valence-electron chi connectivity index (χ4n) is 2.94. The molecule has 146 valence electrons. The quantitative estimate of drug-likeness (QED) is 0.680. The summed E-state index contributed by atoms with van der Waals surface area (Å²) >= 11 is 0. The van der Waals surface area contributed by atoms with Crippen molar-refractivity contribution < 1.29 is 17.9 Å². The predicted molar refractivity (Wildman–Crippen MR) is 102 cm³/mol. The minimum Gasteiger partial charge on any atom is -0.497 e. The van der Waals surface area contributed by atoms with E-state index in [0.717, 1.165) is 11.3 Å². The number of carbonyl (C=O) groups excluding carboxylic acids is 1. The second-order valence-electron chi connectivity index (χ2n) is 6.29. The Kier molecular flexibility index (Phi) is 7.86. The number of ether oxygens (including phenoxy) is 1. The van der Waals surface area contributed by atoms with Crippen LogP contribution in [0.4, 0.5) is 0 Å².